The largest absolute Gasteiger partial charge is 0.414 e. The number of aryl methyl sites for hydroxylation is 1. The van der Waals surface area contributed by atoms with Gasteiger partial charge in [0.15, 0.2) is 0 Å². The van der Waals surface area contributed by atoms with E-state index in [-0.39, 0.29) is 12.4 Å². The number of rotatable bonds is 4. The molecule has 3 heterocycles. The van der Waals surface area contributed by atoms with Crippen molar-refractivity contribution >= 4 is 17.0 Å². The predicted octanol–water partition coefficient (Wildman–Crippen LogP) is 1.80. The standard InChI is InChI=1S/C19H16N6O3/c1-24-12-15(11-22-24)25-8-6-17(26)18(23-25)28-19(27)21-10-13-4-5-16-14(9-13)3-2-7-20-16/h2-9,11-12H,10H2,1H3,(H,21,27). The molecule has 0 unspecified atom stereocenters. The number of hydrogen-bond acceptors (Lipinski definition) is 6. The number of carbonyl (C=O) groups is 1. The van der Waals surface area contributed by atoms with Gasteiger partial charge >= 0.3 is 6.09 Å². The molecule has 0 aliphatic heterocycles. The lowest BCUT2D eigenvalue weighted by Gasteiger charge is -2.08. The average Bonchev–Trinajstić information content (AvgIpc) is 3.14. The Bertz CT molecular complexity index is 1210. The van der Waals surface area contributed by atoms with Crippen LogP contribution in [-0.4, -0.2) is 30.6 Å². The summed E-state index contributed by atoms with van der Waals surface area (Å²) in [5.74, 6) is -0.313. The second-order valence-electron chi connectivity index (χ2n) is 6.08. The van der Waals surface area contributed by atoms with E-state index in [0.29, 0.717) is 5.69 Å². The van der Waals surface area contributed by atoms with Crippen LogP contribution in [0.3, 0.4) is 0 Å². The summed E-state index contributed by atoms with van der Waals surface area (Å²) in [4.78, 5) is 28.3. The molecule has 0 saturated carbocycles. The van der Waals surface area contributed by atoms with E-state index in [1.807, 2.05) is 30.3 Å². The van der Waals surface area contributed by atoms with Gasteiger partial charge in [-0.15, -0.1) is 5.10 Å². The molecular weight excluding hydrogens is 360 g/mol. The zero-order chi connectivity index (χ0) is 19.5. The molecule has 28 heavy (non-hydrogen) atoms. The van der Waals surface area contributed by atoms with Crippen molar-refractivity contribution in [1.29, 1.82) is 0 Å². The molecule has 0 atom stereocenters. The molecule has 9 nitrogen and oxygen atoms in total. The first kappa shape index (κ1) is 17.4. The SMILES string of the molecule is Cn1cc(-n2ccc(=O)c(OC(=O)NCc3ccc4ncccc4c3)n2)cn1. The Kier molecular flexibility index (Phi) is 4.55. The Labute approximate surface area is 159 Å². The molecule has 3 aromatic heterocycles. The molecule has 0 aliphatic carbocycles. The van der Waals surface area contributed by atoms with Crippen molar-refractivity contribution in [2.45, 2.75) is 6.54 Å². The van der Waals surface area contributed by atoms with Crippen molar-refractivity contribution in [3.8, 4) is 11.6 Å². The smallest absolute Gasteiger partial charge is 0.385 e. The first-order valence-corrected chi connectivity index (χ1v) is 8.47. The summed E-state index contributed by atoms with van der Waals surface area (Å²) >= 11 is 0. The van der Waals surface area contributed by atoms with E-state index in [4.69, 9.17) is 4.74 Å². The highest BCUT2D eigenvalue weighted by atomic mass is 16.6. The van der Waals surface area contributed by atoms with Crippen LogP contribution in [0.2, 0.25) is 0 Å². The maximum absolute atomic E-state index is 12.1. The van der Waals surface area contributed by atoms with Crippen LogP contribution in [0.15, 0.2) is 66.0 Å². The topological polar surface area (TPSA) is 104 Å². The molecule has 0 bridgehead atoms. The highest BCUT2D eigenvalue weighted by Crippen LogP contribution is 2.13. The lowest BCUT2D eigenvalue weighted by molar-refractivity contribution is 0.196. The first-order valence-electron chi connectivity index (χ1n) is 8.47. The number of carbonyl (C=O) groups excluding carboxylic acids is 1. The molecule has 140 valence electrons. The van der Waals surface area contributed by atoms with Crippen LogP contribution in [0.4, 0.5) is 4.79 Å². The molecule has 1 N–H and O–H groups in total. The van der Waals surface area contributed by atoms with Gasteiger partial charge in [0, 0.05) is 37.4 Å². The highest BCUT2D eigenvalue weighted by molar-refractivity contribution is 5.79. The maximum Gasteiger partial charge on any atom is 0.414 e. The Morgan fingerprint density at radius 2 is 2.14 bits per heavy atom. The first-order chi connectivity index (χ1) is 13.6. The molecule has 4 aromatic rings. The van der Waals surface area contributed by atoms with Gasteiger partial charge in [0.05, 0.1) is 17.9 Å². The number of aromatic nitrogens is 5. The Balaban J connectivity index is 1.45. The van der Waals surface area contributed by atoms with E-state index in [0.717, 1.165) is 16.5 Å². The van der Waals surface area contributed by atoms with Gasteiger partial charge in [-0.3, -0.25) is 14.5 Å². The van der Waals surface area contributed by atoms with E-state index < -0.39 is 11.5 Å². The summed E-state index contributed by atoms with van der Waals surface area (Å²) in [5.41, 5.74) is 1.90. The van der Waals surface area contributed by atoms with Gasteiger partial charge in [-0.05, 0) is 23.8 Å². The molecule has 0 spiro atoms. The van der Waals surface area contributed by atoms with Crippen molar-refractivity contribution in [2.24, 2.45) is 7.05 Å². The summed E-state index contributed by atoms with van der Waals surface area (Å²) in [5, 5.41) is 11.7. The van der Waals surface area contributed by atoms with Gasteiger partial charge in [0.1, 0.15) is 5.69 Å². The van der Waals surface area contributed by atoms with E-state index >= 15 is 0 Å². The number of nitrogens with zero attached hydrogens (tertiary/aromatic N) is 5. The van der Waals surface area contributed by atoms with Crippen LogP contribution in [0, 0.1) is 0 Å². The summed E-state index contributed by atoms with van der Waals surface area (Å²) in [7, 11) is 1.76. The monoisotopic (exact) mass is 376 g/mol. The number of fused-ring (bicyclic) bond motifs is 1. The third-order valence-corrected chi connectivity index (χ3v) is 4.03. The van der Waals surface area contributed by atoms with Gasteiger partial charge in [-0.2, -0.15) is 5.10 Å². The van der Waals surface area contributed by atoms with Crippen molar-refractivity contribution in [2.75, 3.05) is 0 Å². The molecule has 1 amide bonds. The summed E-state index contributed by atoms with van der Waals surface area (Å²) in [6.45, 7) is 0.243. The Morgan fingerprint density at radius 3 is 2.96 bits per heavy atom. The number of pyridine rings is 1. The fourth-order valence-electron chi connectivity index (χ4n) is 2.66. The minimum Gasteiger partial charge on any atom is -0.385 e. The normalized spacial score (nSPS) is 10.8. The van der Waals surface area contributed by atoms with Crippen molar-refractivity contribution < 1.29 is 9.53 Å². The van der Waals surface area contributed by atoms with Gasteiger partial charge in [-0.25, -0.2) is 9.48 Å². The number of ether oxygens (including phenoxy) is 1. The fraction of sp³-hybridized carbons (Fsp3) is 0.105. The minimum absolute atomic E-state index is 0.243. The summed E-state index contributed by atoms with van der Waals surface area (Å²) < 4.78 is 8.10. The van der Waals surface area contributed by atoms with Crippen LogP contribution in [-0.2, 0) is 13.6 Å². The Hall–Kier alpha value is -4.01. The number of nitrogens with one attached hydrogen (secondary N) is 1. The molecule has 0 radical (unpaired) electrons. The molecular formula is C19H16N6O3. The zero-order valence-electron chi connectivity index (χ0n) is 14.9. The third kappa shape index (κ3) is 3.73. The predicted molar refractivity (Wildman–Crippen MR) is 101 cm³/mol. The number of amides is 1. The molecule has 9 heteroatoms. The van der Waals surface area contributed by atoms with Gasteiger partial charge in [0.25, 0.3) is 5.88 Å². The van der Waals surface area contributed by atoms with Gasteiger partial charge in [0.2, 0.25) is 5.43 Å². The number of benzene rings is 1. The molecule has 0 aliphatic rings. The van der Waals surface area contributed by atoms with Crippen molar-refractivity contribution in [3.63, 3.8) is 0 Å². The third-order valence-electron chi connectivity index (χ3n) is 4.03. The van der Waals surface area contributed by atoms with E-state index in [2.05, 4.69) is 20.5 Å². The van der Waals surface area contributed by atoms with Crippen LogP contribution in [0.1, 0.15) is 5.56 Å². The molecule has 4 rings (SSSR count). The Morgan fingerprint density at radius 1 is 1.25 bits per heavy atom. The molecule has 0 saturated heterocycles. The van der Waals surface area contributed by atoms with E-state index in [9.17, 15) is 9.59 Å². The van der Waals surface area contributed by atoms with Crippen LogP contribution in [0.25, 0.3) is 16.6 Å². The maximum atomic E-state index is 12.1. The minimum atomic E-state index is -0.764. The lowest BCUT2D eigenvalue weighted by Crippen LogP contribution is -2.29. The summed E-state index contributed by atoms with van der Waals surface area (Å²) in [6, 6.07) is 10.7. The van der Waals surface area contributed by atoms with Crippen LogP contribution in [0.5, 0.6) is 5.88 Å². The van der Waals surface area contributed by atoms with Gasteiger partial charge in [-0.1, -0.05) is 12.1 Å². The second kappa shape index (κ2) is 7.31. The highest BCUT2D eigenvalue weighted by Gasteiger charge is 2.11. The average molecular weight is 376 g/mol. The van der Waals surface area contributed by atoms with Crippen LogP contribution < -0.4 is 15.5 Å². The molecule has 0 fully saturated rings. The fourth-order valence-corrected chi connectivity index (χ4v) is 2.66. The van der Waals surface area contributed by atoms with Crippen LogP contribution >= 0.6 is 0 Å². The van der Waals surface area contributed by atoms with Crippen molar-refractivity contribution in [1.82, 2.24) is 29.9 Å². The number of hydrogen-bond donors (Lipinski definition) is 1. The van der Waals surface area contributed by atoms with E-state index in [1.165, 1.54) is 16.9 Å². The second-order valence-corrected chi connectivity index (χ2v) is 6.08. The molecule has 1 aromatic carbocycles. The quantitative estimate of drug-likeness (QED) is 0.582. The lowest BCUT2D eigenvalue weighted by atomic mass is 10.1. The van der Waals surface area contributed by atoms with E-state index in [1.54, 1.807) is 30.3 Å². The zero-order valence-corrected chi connectivity index (χ0v) is 14.9. The van der Waals surface area contributed by atoms with Gasteiger partial charge < -0.3 is 10.1 Å². The summed E-state index contributed by atoms with van der Waals surface area (Å²) in [6.07, 6.45) is 5.74. The van der Waals surface area contributed by atoms with Crippen molar-refractivity contribution in [3.05, 3.63) is 77.0 Å².